The molecule has 2 aliphatic rings. The van der Waals surface area contributed by atoms with Gasteiger partial charge in [0.1, 0.15) is 16.9 Å². The Morgan fingerprint density at radius 2 is 1.31 bits per heavy atom. The highest BCUT2D eigenvalue weighted by atomic mass is 16.3. The van der Waals surface area contributed by atoms with Gasteiger partial charge in [0.05, 0.1) is 28.1 Å². The van der Waals surface area contributed by atoms with Crippen molar-refractivity contribution in [3.05, 3.63) is 168 Å². The third-order valence-corrected chi connectivity index (χ3v) is 11.6. The van der Waals surface area contributed by atoms with Gasteiger partial charge < -0.3 is 13.4 Å². The fourth-order valence-electron chi connectivity index (χ4n) is 8.98. The van der Waals surface area contributed by atoms with Crippen LogP contribution in [0.1, 0.15) is 41.1 Å². The van der Waals surface area contributed by atoms with Crippen LogP contribution in [0.2, 0.25) is 0 Å². The van der Waals surface area contributed by atoms with Gasteiger partial charge in [-0.25, -0.2) is 9.97 Å². The van der Waals surface area contributed by atoms with Crippen LogP contribution in [0.25, 0.3) is 101 Å². The largest absolute Gasteiger partial charge is 0.456 e. The van der Waals surface area contributed by atoms with Crippen molar-refractivity contribution >= 4 is 72.4 Å². The van der Waals surface area contributed by atoms with Gasteiger partial charge in [-0.05, 0) is 90.9 Å². The molecule has 0 fully saturated rings. The molecule has 4 aromatic heterocycles. The van der Waals surface area contributed by atoms with Gasteiger partial charge in [0.15, 0.2) is 11.4 Å². The number of furan rings is 2. The molecule has 6 aromatic carbocycles. The van der Waals surface area contributed by atoms with Crippen LogP contribution < -0.4 is 0 Å². The number of aryl methyl sites for hydroxylation is 2. The number of nitrogens with zero attached hydrogens (tertiary/aromatic N) is 3. The first-order valence-corrected chi connectivity index (χ1v) is 19.1. The molecule has 0 saturated heterocycles. The van der Waals surface area contributed by atoms with Gasteiger partial charge in [0, 0.05) is 43.6 Å². The molecule has 10 aromatic rings. The molecular weight excluding hydrogens is 675 g/mol. The molecule has 0 N–H and O–H groups in total. The summed E-state index contributed by atoms with van der Waals surface area (Å²) in [6, 6.07) is 47.2. The molecule has 0 aliphatic heterocycles. The fourth-order valence-corrected chi connectivity index (χ4v) is 8.98. The van der Waals surface area contributed by atoms with Gasteiger partial charge in [0.2, 0.25) is 0 Å². The van der Waals surface area contributed by atoms with E-state index in [2.05, 4.69) is 138 Å². The Morgan fingerprint density at radius 1 is 0.545 bits per heavy atom. The first-order valence-electron chi connectivity index (χ1n) is 19.1. The Bertz CT molecular complexity index is 3270. The predicted molar refractivity (Wildman–Crippen MR) is 224 cm³/mol. The Labute approximate surface area is 316 Å². The van der Waals surface area contributed by atoms with Crippen LogP contribution in [-0.4, -0.2) is 14.5 Å². The van der Waals surface area contributed by atoms with Gasteiger partial charge >= 0.3 is 0 Å². The summed E-state index contributed by atoms with van der Waals surface area (Å²) >= 11 is 0. The Kier molecular flexibility index (Phi) is 6.52. The molecule has 5 heteroatoms. The highest BCUT2D eigenvalue weighted by molar-refractivity contribution is 6.12. The number of aromatic nitrogens is 3. The molecule has 2 aliphatic carbocycles. The molecule has 4 heterocycles. The first kappa shape index (κ1) is 30.5. The number of fused-ring (bicyclic) bond motifs is 10. The minimum absolute atomic E-state index is 0.785. The lowest BCUT2D eigenvalue weighted by Gasteiger charge is -2.19. The quantitative estimate of drug-likeness (QED) is 0.183. The molecule has 0 atom stereocenters. The summed E-state index contributed by atoms with van der Waals surface area (Å²) in [7, 11) is 0. The van der Waals surface area contributed by atoms with E-state index >= 15 is 0 Å². The molecule has 5 nitrogen and oxygen atoms in total. The van der Waals surface area contributed by atoms with Crippen LogP contribution in [0.4, 0.5) is 0 Å². The van der Waals surface area contributed by atoms with E-state index in [1.807, 2.05) is 18.2 Å². The molecule has 0 bridgehead atoms. The number of hydrogen-bond acceptors (Lipinski definition) is 4. The fraction of sp³-hybridized carbons (Fsp3) is 0.0800. The van der Waals surface area contributed by atoms with Crippen molar-refractivity contribution in [1.82, 2.24) is 14.5 Å². The van der Waals surface area contributed by atoms with Crippen molar-refractivity contribution in [2.24, 2.45) is 0 Å². The van der Waals surface area contributed by atoms with E-state index in [1.165, 1.54) is 32.9 Å². The van der Waals surface area contributed by atoms with Crippen molar-refractivity contribution in [2.45, 2.75) is 25.7 Å². The van der Waals surface area contributed by atoms with E-state index in [-0.39, 0.29) is 0 Å². The molecule has 0 radical (unpaired) electrons. The Morgan fingerprint density at radius 3 is 2.24 bits per heavy atom. The van der Waals surface area contributed by atoms with Crippen molar-refractivity contribution < 1.29 is 8.83 Å². The van der Waals surface area contributed by atoms with Gasteiger partial charge in [0.25, 0.3) is 0 Å². The van der Waals surface area contributed by atoms with Gasteiger partial charge in [-0.15, -0.1) is 0 Å². The molecule has 0 saturated carbocycles. The third-order valence-electron chi connectivity index (χ3n) is 11.6. The number of hydrogen-bond donors (Lipinski definition) is 0. The van der Waals surface area contributed by atoms with Crippen LogP contribution in [0.3, 0.4) is 0 Å². The lowest BCUT2D eigenvalue weighted by atomic mass is 9.89. The standard InChI is InChI=1S/C50H33N3O2/c1-2-11-30(12-3-1)50-51-41-17-7-4-15-38(41)48(52-50)33-21-24-36-37-16-10-19-44(49(37)55-47(36)29-33)53-42-18-8-5-13-34(42)39-27-31(22-25-43(39)53)32-23-26-46-40(28-32)35-14-6-9-20-45(35)54-46/h1-6,8-16,18-20,22-23,25-29H,7,17,21,24H2. The zero-order valence-electron chi connectivity index (χ0n) is 29.9. The Hall–Kier alpha value is -6.98. The zero-order chi connectivity index (χ0) is 36.0. The second-order valence-electron chi connectivity index (χ2n) is 14.7. The molecule has 0 unspecified atom stereocenters. The van der Waals surface area contributed by atoms with Crippen molar-refractivity contribution in [3.63, 3.8) is 0 Å². The van der Waals surface area contributed by atoms with Crippen molar-refractivity contribution in [2.75, 3.05) is 0 Å². The molecule has 55 heavy (non-hydrogen) atoms. The van der Waals surface area contributed by atoms with E-state index in [9.17, 15) is 0 Å². The number of benzene rings is 6. The summed E-state index contributed by atoms with van der Waals surface area (Å²) in [5, 5.41) is 5.85. The summed E-state index contributed by atoms with van der Waals surface area (Å²) in [6.45, 7) is 0. The lowest BCUT2D eigenvalue weighted by Crippen LogP contribution is -2.09. The number of para-hydroxylation sites is 3. The average Bonchev–Trinajstić information content (AvgIpc) is 3.92. The molecule has 0 amide bonds. The minimum Gasteiger partial charge on any atom is -0.456 e. The van der Waals surface area contributed by atoms with E-state index in [1.54, 1.807) is 0 Å². The van der Waals surface area contributed by atoms with Crippen molar-refractivity contribution in [3.8, 4) is 28.2 Å². The summed E-state index contributed by atoms with van der Waals surface area (Å²) < 4.78 is 15.5. The second kappa shape index (κ2) is 11.8. The second-order valence-corrected chi connectivity index (χ2v) is 14.7. The van der Waals surface area contributed by atoms with Gasteiger partial charge in [-0.3, -0.25) is 0 Å². The highest BCUT2D eigenvalue weighted by Crippen LogP contribution is 2.43. The normalized spacial score (nSPS) is 13.9. The average molecular weight is 708 g/mol. The third kappa shape index (κ3) is 4.66. The first-order chi connectivity index (χ1) is 27.2. The maximum absolute atomic E-state index is 6.95. The predicted octanol–water partition coefficient (Wildman–Crippen LogP) is 13.0. The van der Waals surface area contributed by atoms with E-state index < -0.39 is 0 Å². The molecular formula is C50H33N3O2. The van der Waals surface area contributed by atoms with Crippen LogP contribution in [0, 0.1) is 0 Å². The minimum atomic E-state index is 0.785. The Balaban J connectivity index is 1.00. The van der Waals surface area contributed by atoms with Crippen LogP contribution in [0.5, 0.6) is 0 Å². The highest BCUT2D eigenvalue weighted by Gasteiger charge is 2.26. The van der Waals surface area contributed by atoms with Gasteiger partial charge in [-0.1, -0.05) is 103 Å². The molecule has 12 rings (SSSR count). The molecule has 260 valence electrons. The molecule has 0 spiro atoms. The van der Waals surface area contributed by atoms with Crippen LogP contribution >= 0.6 is 0 Å². The maximum Gasteiger partial charge on any atom is 0.160 e. The lowest BCUT2D eigenvalue weighted by molar-refractivity contribution is 0.594. The van der Waals surface area contributed by atoms with E-state index in [4.69, 9.17) is 18.8 Å². The van der Waals surface area contributed by atoms with Crippen molar-refractivity contribution in [1.29, 1.82) is 0 Å². The van der Waals surface area contributed by atoms with E-state index in [0.29, 0.717) is 0 Å². The topological polar surface area (TPSA) is 57.0 Å². The summed E-state index contributed by atoms with van der Waals surface area (Å²) in [6.07, 6.45) is 10.4. The monoisotopic (exact) mass is 707 g/mol. The SMILES string of the molecule is C1=Cc2c(nc(-c3ccccc3)nc2C2=Cc3oc4c(-n5c6ccccc6c6cc(-c7ccc8oc9ccccc9c8c7)ccc65)cccc4c3CC2)CC1. The van der Waals surface area contributed by atoms with Gasteiger partial charge in [-0.2, -0.15) is 0 Å². The van der Waals surface area contributed by atoms with E-state index in [0.717, 1.165) is 110 Å². The summed E-state index contributed by atoms with van der Waals surface area (Å²) in [5.41, 5.74) is 15.2. The zero-order valence-corrected chi connectivity index (χ0v) is 29.9. The number of allylic oxidation sites excluding steroid dienone is 2. The number of rotatable bonds is 4. The maximum atomic E-state index is 6.95. The summed E-state index contributed by atoms with van der Waals surface area (Å²) in [4.78, 5) is 10.2. The summed E-state index contributed by atoms with van der Waals surface area (Å²) in [5.74, 6) is 1.70. The van der Waals surface area contributed by atoms with Crippen LogP contribution in [0.15, 0.2) is 148 Å². The smallest absolute Gasteiger partial charge is 0.160 e. The van der Waals surface area contributed by atoms with Crippen LogP contribution in [-0.2, 0) is 12.8 Å².